The summed E-state index contributed by atoms with van der Waals surface area (Å²) in [4.78, 5) is 25.8. The number of rotatable bonds is 5. The molecule has 1 amide bonds. The number of aromatic nitrogens is 1. The van der Waals surface area contributed by atoms with Gasteiger partial charge in [-0.15, -0.1) is 11.3 Å². The number of nitrogens with one attached hydrogen (secondary N) is 1. The number of carbonyl (C=O) groups is 2. The molecule has 0 aliphatic heterocycles. The van der Waals surface area contributed by atoms with Gasteiger partial charge in [0.15, 0.2) is 5.69 Å². The van der Waals surface area contributed by atoms with Crippen LogP contribution in [0.1, 0.15) is 25.9 Å². The maximum absolute atomic E-state index is 11.1. The summed E-state index contributed by atoms with van der Waals surface area (Å²) in [5.74, 6) is -1.55. The van der Waals surface area contributed by atoms with E-state index in [0.29, 0.717) is 21.6 Å². The molecular formula is C12H10BrN3O3S. The summed E-state index contributed by atoms with van der Waals surface area (Å²) in [6, 6.07) is 5.06. The number of nitrogens with two attached hydrogens (primary N) is 1. The number of thiazole rings is 1. The minimum absolute atomic E-state index is 0.0389. The van der Waals surface area contributed by atoms with E-state index in [9.17, 15) is 9.59 Å². The molecule has 0 aliphatic carbocycles. The summed E-state index contributed by atoms with van der Waals surface area (Å²) in [5.41, 5.74) is 6.42. The summed E-state index contributed by atoms with van der Waals surface area (Å²) < 4.78 is 0.598. The molecule has 0 bridgehead atoms. The lowest BCUT2D eigenvalue weighted by Gasteiger charge is -2.06. The fourth-order valence-electron chi connectivity index (χ4n) is 1.49. The summed E-state index contributed by atoms with van der Waals surface area (Å²) in [6.07, 6.45) is 0. The van der Waals surface area contributed by atoms with E-state index in [1.54, 1.807) is 18.2 Å². The van der Waals surface area contributed by atoms with Crippen LogP contribution in [-0.4, -0.2) is 22.0 Å². The predicted molar refractivity (Wildman–Crippen MR) is 79.1 cm³/mol. The molecule has 0 fully saturated rings. The third-order valence-electron chi connectivity index (χ3n) is 2.45. The maximum atomic E-state index is 11.1. The number of amides is 1. The molecule has 1 aromatic heterocycles. The molecule has 6 nitrogen and oxygen atoms in total. The minimum Gasteiger partial charge on any atom is -0.476 e. The van der Waals surface area contributed by atoms with Crippen molar-refractivity contribution in [3.8, 4) is 0 Å². The van der Waals surface area contributed by atoms with Gasteiger partial charge in [-0.05, 0) is 34.1 Å². The molecule has 0 saturated heterocycles. The van der Waals surface area contributed by atoms with Crippen molar-refractivity contribution >= 4 is 44.8 Å². The van der Waals surface area contributed by atoms with Gasteiger partial charge in [-0.25, -0.2) is 9.78 Å². The number of primary amides is 1. The van der Waals surface area contributed by atoms with Gasteiger partial charge in [-0.2, -0.15) is 0 Å². The van der Waals surface area contributed by atoms with E-state index in [2.05, 4.69) is 26.2 Å². The van der Waals surface area contributed by atoms with Gasteiger partial charge in [-0.1, -0.05) is 0 Å². The number of aromatic carboxylic acids is 1. The van der Waals surface area contributed by atoms with Crippen molar-refractivity contribution < 1.29 is 14.7 Å². The van der Waals surface area contributed by atoms with Crippen LogP contribution in [0.2, 0.25) is 0 Å². The molecule has 104 valence electrons. The van der Waals surface area contributed by atoms with Crippen LogP contribution in [0.4, 0.5) is 5.69 Å². The fraction of sp³-hybridized carbons (Fsp3) is 0.0833. The van der Waals surface area contributed by atoms with Crippen molar-refractivity contribution in [1.29, 1.82) is 0 Å². The topological polar surface area (TPSA) is 105 Å². The summed E-state index contributed by atoms with van der Waals surface area (Å²) in [6.45, 7) is 0.403. The number of nitrogens with zero attached hydrogens (tertiary/aromatic N) is 1. The van der Waals surface area contributed by atoms with Gasteiger partial charge in [0.25, 0.3) is 0 Å². The lowest BCUT2D eigenvalue weighted by Crippen LogP contribution is -2.11. The Labute approximate surface area is 126 Å². The van der Waals surface area contributed by atoms with Gasteiger partial charge in [0.05, 0.1) is 12.1 Å². The second-order valence-corrected chi connectivity index (χ2v) is 5.64. The number of benzene rings is 1. The SMILES string of the molecule is NC(=O)c1ccc(NCc2nc(C(=O)O)cs2)cc1Br. The molecule has 0 saturated carbocycles. The number of halogens is 1. The van der Waals surface area contributed by atoms with E-state index in [1.165, 1.54) is 16.7 Å². The quantitative estimate of drug-likeness (QED) is 0.763. The first-order valence-electron chi connectivity index (χ1n) is 5.48. The van der Waals surface area contributed by atoms with E-state index in [4.69, 9.17) is 10.8 Å². The van der Waals surface area contributed by atoms with Gasteiger partial charge in [0.1, 0.15) is 5.01 Å². The lowest BCUT2D eigenvalue weighted by molar-refractivity contribution is 0.0691. The standard InChI is InChI=1S/C12H10BrN3O3S/c13-8-3-6(1-2-7(8)11(14)17)15-4-10-16-9(5-20-10)12(18)19/h1-3,5,15H,4H2,(H2,14,17)(H,18,19). The molecule has 4 N–H and O–H groups in total. The van der Waals surface area contributed by atoms with Gasteiger partial charge in [0.2, 0.25) is 5.91 Å². The van der Waals surface area contributed by atoms with Crippen LogP contribution in [0.5, 0.6) is 0 Å². The Balaban J connectivity index is 2.05. The number of carboxylic acids is 1. The number of anilines is 1. The van der Waals surface area contributed by atoms with Crippen molar-refractivity contribution in [2.24, 2.45) is 5.73 Å². The van der Waals surface area contributed by atoms with Gasteiger partial charge in [-0.3, -0.25) is 4.79 Å². The number of carboxylic acid groups (broad SMARTS) is 1. The fourth-order valence-corrected chi connectivity index (χ4v) is 2.77. The molecule has 2 rings (SSSR count). The van der Waals surface area contributed by atoms with Crippen molar-refractivity contribution in [2.45, 2.75) is 6.54 Å². The van der Waals surface area contributed by atoms with E-state index >= 15 is 0 Å². The van der Waals surface area contributed by atoms with Crippen molar-refractivity contribution in [1.82, 2.24) is 4.98 Å². The van der Waals surface area contributed by atoms with Crippen LogP contribution in [0.25, 0.3) is 0 Å². The average Bonchev–Trinajstić information content (AvgIpc) is 2.85. The molecule has 0 unspecified atom stereocenters. The molecule has 1 heterocycles. The Morgan fingerprint density at radius 2 is 2.20 bits per heavy atom. The molecule has 2 aromatic rings. The Bertz CT molecular complexity index is 672. The Morgan fingerprint density at radius 3 is 2.75 bits per heavy atom. The number of carbonyl (C=O) groups excluding carboxylic acids is 1. The zero-order chi connectivity index (χ0) is 14.7. The zero-order valence-corrected chi connectivity index (χ0v) is 12.5. The van der Waals surface area contributed by atoms with E-state index in [1.807, 2.05) is 0 Å². The normalized spacial score (nSPS) is 10.2. The van der Waals surface area contributed by atoms with Gasteiger partial charge < -0.3 is 16.2 Å². The third-order valence-corrected chi connectivity index (χ3v) is 3.95. The van der Waals surface area contributed by atoms with Crippen molar-refractivity contribution in [2.75, 3.05) is 5.32 Å². The summed E-state index contributed by atoms with van der Waals surface area (Å²) in [7, 11) is 0. The van der Waals surface area contributed by atoms with Crippen LogP contribution < -0.4 is 11.1 Å². The molecule has 0 radical (unpaired) electrons. The first-order chi connectivity index (χ1) is 9.47. The van der Waals surface area contributed by atoms with E-state index < -0.39 is 11.9 Å². The average molecular weight is 356 g/mol. The molecule has 0 aliphatic rings. The lowest BCUT2D eigenvalue weighted by atomic mass is 10.2. The van der Waals surface area contributed by atoms with E-state index in [0.717, 1.165) is 5.69 Å². The molecule has 0 atom stereocenters. The second kappa shape index (κ2) is 6.02. The van der Waals surface area contributed by atoms with Crippen LogP contribution in [-0.2, 0) is 6.54 Å². The monoisotopic (exact) mass is 355 g/mol. The van der Waals surface area contributed by atoms with E-state index in [-0.39, 0.29) is 5.69 Å². The Morgan fingerprint density at radius 1 is 1.45 bits per heavy atom. The molecule has 1 aromatic carbocycles. The molecule has 20 heavy (non-hydrogen) atoms. The van der Waals surface area contributed by atoms with Crippen molar-refractivity contribution in [3.63, 3.8) is 0 Å². The molecule has 8 heteroatoms. The summed E-state index contributed by atoms with van der Waals surface area (Å²) in [5, 5.41) is 14.0. The van der Waals surface area contributed by atoms with Crippen LogP contribution in [0.3, 0.4) is 0 Å². The van der Waals surface area contributed by atoms with Crippen LogP contribution >= 0.6 is 27.3 Å². The highest BCUT2D eigenvalue weighted by atomic mass is 79.9. The van der Waals surface area contributed by atoms with Crippen molar-refractivity contribution in [3.05, 3.63) is 44.3 Å². The zero-order valence-electron chi connectivity index (χ0n) is 10.1. The molecule has 0 spiro atoms. The highest BCUT2D eigenvalue weighted by molar-refractivity contribution is 9.10. The predicted octanol–water partition coefficient (Wildman–Crippen LogP) is 2.31. The highest BCUT2D eigenvalue weighted by Gasteiger charge is 2.09. The first kappa shape index (κ1) is 14.5. The maximum Gasteiger partial charge on any atom is 0.355 e. The number of hydrogen-bond donors (Lipinski definition) is 3. The smallest absolute Gasteiger partial charge is 0.355 e. The van der Waals surface area contributed by atoms with Gasteiger partial charge >= 0.3 is 5.97 Å². The largest absolute Gasteiger partial charge is 0.476 e. The molecular weight excluding hydrogens is 346 g/mol. The Hall–Kier alpha value is -1.93. The second-order valence-electron chi connectivity index (χ2n) is 3.84. The first-order valence-corrected chi connectivity index (χ1v) is 7.15. The number of hydrogen-bond acceptors (Lipinski definition) is 5. The van der Waals surface area contributed by atoms with Gasteiger partial charge in [0, 0.05) is 15.5 Å². The third kappa shape index (κ3) is 3.34. The minimum atomic E-state index is -1.04. The van der Waals surface area contributed by atoms with Crippen LogP contribution in [0, 0.1) is 0 Å². The highest BCUT2D eigenvalue weighted by Crippen LogP contribution is 2.22. The van der Waals surface area contributed by atoms with Crippen LogP contribution in [0.15, 0.2) is 28.1 Å². The Kier molecular flexibility index (Phi) is 4.35. The summed E-state index contributed by atoms with van der Waals surface area (Å²) >= 11 is 4.53.